The lowest BCUT2D eigenvalue weighted by molar-refractivity contribution is 0.0958. The monoisotopic (exact) mass is 366 g/mol. The first-order valence-corrected chi connectivity index (χ1v) is 9.05. The molecule has 0 aliphatic rings. The van der Waals surface area contributed by atoms with E-state index >= 15 is 0 Å². The number of nitrogens with one attached hydrogen (secondary N) is 1. The van der Waals surface area contributed by atoms with E-state index in [1.807, 2.05) is 0 Å². The first-order valence-electron chi connectivity index (χ1n) is 6.62. The molecule has 0 fully saturated rings. The Morgan fingerprint density at radius 3 is 2.62 bits per heavy atom. The van der Waals surface area contributed by atoms with E-state index in [0.717, 1.165) is 6.26 Å². The van der Waals surface area contributed by atoms with Gasteiger partial charge in [-0.2, -0.15) is 0 Å². The number of sulfone groups is 1. The summed E-state index contributed by atoms with van der Waals surface area (Å²) in [6, 6.07) is 10.1. The Bertz CT molecular complexity index is 913. The molecule has 0 aliphatic heterocycles. The summed E-state index contributed by atoms with van der Waals surface area (Å²) < 4.78 is 22.1. The molecule has 3 N–H and O–H groups in total. The van der Waals surface area contributed by atoms with Crippen LogP contribution in [0.2, 0.25) is 5.02 Å². The van der Waals surface area contributed by atoms with Crippen molar-refractivity contribution in [1.82, 2.24) is 10.3 Å². The van der Waals surface area contributed by atoms with Gasteiger partial charge in [0.25, 0.3) is 11.8 Å². The summed E-state index contributed by atoms with van der Waals surface area (Å²) in [6.45, 7) is 0. The summed E-state index contributed by atoms with van der Waals surface area (Å²) in [6.07, 6.45) is 1.01. The summed E-state index contributed by atoms with van der Waals surface area (Å²) >= 11 is 6.17. The number of pyridine rings is 1. The molecule has 2 amide bonds. The molecule has 0 saturated carbocycles. The molecule has 1 aromatic carbocycles. The third-order valence-electron chi connectivity index (χ3n) is 2.93. The molecule has 1 heterocycles. The molecular formula is C15H13ClN3O4S. The smallest absolute Gasteiger partial charge is 0.267 e. The van der Waals surface area contributed by atoms with E-state index in [1.165, 1.54) is 18.2 Å². The van der Waals surface area contributed by atoms with Gasteiger partial charge >= 0.3 is 0 Å². The summed E-state index contributed by atoms with van der Waals surface area (Å²) in [5, 5.41) is 2.50. The Balaban J connectivity index is 2.28. The SMILES string of the molecule is CS(=O)(=O)CNC(=O)c1ccc(-c2cc[c]c(C(N)=O)n2)c(Cl)c1. The Kier molecular flexibility index (Phi) is 5.20. The molecule has 7 nitrogen and oxygen atoms in total. The highest BCUT2D eigenvalue weighted by molar-refractivity contribution is 7.90. The van der Waals surface area contributed by atoms with Gasteiger partial charge in [0.1, 0.15) is 11.6 Å². The van der Waals surface area contributed by atoms with Crippen molar-refractivity contribution < 1.29 is 18.0 Å². The van der Waals surface area contributed by atoms with Crippen molar-refractivity contribution in [2.24, 2.45) is 5.73 Å². The molecule has 1 aromatic heterocycles. The Morgan fingerprint density at radius 1 is 1.33 bits per heavy atom. The number of carbonyl (C=O) groups is 2. The van der Waals surface area contributed by atoms with E-state index in [-0.39, 0.29) is 16.3 Å². The van der Waals surface area contributed by atoms with Gasteiger partial charge in [-0.1, -0.05) is 17.7 Å². The molecule has 9 heteroatoms. The predicted molar refractivity (Wildman–Crippen MR) is 89.2 cm³/mol. The van der Waals surface area contributed by atoms with Crippen LogP contribution in [0.25, 0.3) is 11.3 Å². The van der Waals surface area contributed by atoms with Gasteiger partial charge < -0.3 is 11.1 Å². The van der Waals surface area contributed by atoms with E-state index in [1.54, 1.807) is 12.1 Å². The number of amides is 2. The number of nitrogens with zero attached hydrogens (tertiary/aromatic N) is 1. The fourth-order valence-electron chi connectivity index (χ4n) is 1.83. The Labute approximate surface area is 143 Å². The number of halogens is 1. The van der Waals surface area contributed by atoms with Crippen molar-refractivity contribution in [3.05, 3.63) is 52.7 Å². The van der Waals surface area contributed by atoms with E-state index in [4.69, 9.17) is 17.3 Å². The normalized spacial score (nSPS) is 11.1. The summed E-state index contributed by atoms with van der Waals surface area (Å²) in [7, 11) is -3.32. The van der Waals surface area contributed by atoms with E-state index in [9.17, 15) is 18.0 Å². The first kappa shape index (κ1) is 17.9. The fraction of sp³-hybridized carbons (Fsp3) is 0.133. The van der Waals surface area contributed by atoms with Gasteiger partial charge in [-0.3, -0.25) is 9.59 Å². The Hall–Kier alpha value is -2.45. The van der Waals surface area contributed by atoms with Crippen molar-refractivity contribution in [2.45, 2.75) is 0 Å². The molecule has 0 unspecified atom stereocenters. The maximum Gasteiger partial charge on any atom is 0.267 e. The van der Waals surface area contributed by atoms with E-state index in [0.29, 0.717) is 11.3 Å². The molecule has 2 aromatic rings. The van der Waals surface area contributed by atoms with Crippen LogP contribution in [0.4, 0.5) is 0 Å². The van der Waals surface area contributed by atoms with Crippen LogP contribution < -0.4 is 11.1 Å². The zero-order chi connectivity index (χ0) is 17.9. The number of hydrogen-bond acceptors (Lipinski definition) is 5. The number of aromatic nitrogens is 1. The zero-order valence-electron chi connectivity index (χ0n) is 12.5. The standard InChI is InChI=1S/C15H13ClN3O4S/c1-24(22,23)8-18-15(21)9-5-6-10(11(16)7-9)12-3-2-4-13(19-12)14(17)20/h2-3,5-7H,8H2,1H3,(H2,17,20)(H,18,21). The quantitative estimate of drug-likeness (QED) is 0.819. The molecule has 125 valence electrons. The lowest BCUT2D eigenvalue weighted by Gasteiger charge is -2.08. The molecule has 0 atom stereocenters. The maximum atomic E-state index is 11.9. The fourth-order valence-corrected chi connectivity index (χ4v) is 2.50. The molecule has 1 radical (unpaired) electrons. The van der Waals surface area contributed by atoms with Gasteiger partial charge in [0.05, 0.1) is 10.7 Å². The number of benzene rings is 1. The highest BCUT2D eigenvalue weighted by Crippen LogP contribution is 2.27. The van der Waals surface area contributed by atoms with Gasteiger partial charge in [0.15, 0.2) is 9.84 Å². The minimum absolute atomic E-state index is 0.0291. The molecular weight excluding hydrogens is 354 g/mol. The van der Waals surface area contributed by atoms with Crippen LogP contribution in [0.1, 0.15) is 20.8 Å². The average molecular weight is 367 g/mol. The van der Waals surface area contributed by atoms with Crippen LogP contribution in [-0.4, -0.2) is 37.3 Å². The summed E-state index contributed by atoms with van der Waals surface area (Å²) in [4.78, 5) is 27.1. The van der Waals surface area contributed by atoms with Crippen LogP contribution in [0, 0.1) is 6.07 Å². The second kappa shape index (κ2) is 6.98. The van der Waals surface area contributed by atoms with Gasteiger partial charge in [-0.05, 0) is 24.3 Å². The first-order chi connectivity index (χ1) is 11.2. The van der Waals surface area contributed by atoms with Crippen molar-refractivity contribution in [2.75, 3.05) is 12.1 Å². The van der Waals surface area contributed by atoms with Crippen LogP contribution in [0.15, 0.2) is 30.3 Å². The van der Waals surface area contributed by atoms with E-state index < -0.39 is 27.5 Å². The van der Waals surface area contributed by atoms with Crippen molar-refractivity contribution >= 4 is 33.3 Å². The number of rotatable bonds is 5. The summed E-state index contributed by atoms with van der Waals surface area (Å²) in [5.41, 5.74) is 6.23. The van der Waals surface area contributed by atoms with Crippen LogP contribution in [0.3, 0.4) is 0 Å². The topological polar surface area (TPSA) is 119 Å². The predicted octanol–water partition coefficient (Wildman–Crippen LogP) is 1.03. The largest absolute Gasteiger partial charge is 0.364 e. The number of nitrogens with two attached hydrogens (primary N) is 1. The van der Waals surface area contributed by atoms with Crippen molar-refractivity contribution in [3.63, 3.8) is 0 Å². The van der Waals surface area contributed by atoms with Crippen LogP contribution >= 0.6 is 11.6 Å². The average Bonchev–Trinajstić information content (AvgIpc) is 2.51. The molecule has 0 aliphatic carbocycles. The van der Waals surface area contributed by atoms with Crippen molar-refractivity contribution in [3.8, 4) is 11.3 Å². The van der Waals surface area contributed by atoms with Gasteiger partial charge in [0.2, 0.25) is 0 Å². The zero-order valence-corrected chi connectivity index (χ0v) is 14.1. The van der Waals surface area contributed by atoms with Gasteiger partial charge in [0, 0.05) is 23.4 Å². The number of carbonyl (C=O) groups excluding carboxylic acids is 2. The third-order valence-corrected chi connectivity index (χ3v) is 3.91. The number of primary amides is 1. The van der Waals surface area contributed by atoms with E-state index in [2.05, 4.69) is 16.4 Å². The third kappa shape index (κ3) is 4.53. The lowest BCUT2D eigenvalue weighted by Crippen LogP contribution is -2.28. The van der Waals surface area contributed by atoms with Gasteiger partial charge in [-0.25, -0.2) is 13.4 Å². The van der Waals surface area contributed by atoms with Crippen LogP contribution in [-0.2, 0) is 9.84 Å². The van der Waals surface area contributed by atoms with Gasteiger partial charge in [-0.15, -0.1) is 0 Å². The highest BCUT2D eigenvalue weighted by Gasteiger charge is 2.13. The minimum Gasteiger partial charge on any atom is -0.364 e. The Morgan fingerprint density at radius 2 is 2.04 bits per heavy atom. The maximum absolute atomic E-state index is 11.9. The molecule has 0 saturated heterocycles. The second-order valence-electron chi connectivity index (χ2n) is 4.96. The van der Waals surface area contributed by atoms with Crippen LogP contribution in [0.5, 0.6) is 0 Å². The molecule has 2 rings (SSSR count). The second-order valence-corrected chi connectivity index (χ2v) is 7.51. The lowest BCUT2D eigenvalue weighted by atomic mass is 10.1. The molecule has 24 heavy (non-hydrogen) atoms. The molecule has 0 bridgehead atoms. The summed E-state index contributed by atoms with van der Waals surface area (Å²) in [5.74, 6) is -1.76. The highest BCUT2D eigenvalue weighted by atomic mass is 35.5. The minimum atomic E-state index is -3.32. The van der Waals surface area contributed by atoms with Crippen molar-refractivity contribution in [1.29, 1.82) is 0 Å². The molecule has 0 spiro atoms. The number of hydrogen-bond donors (Lipinski definition) is 2.